The van der Waals surface area contributed by atoms with E-state index in [1.165, 1.54) is 35.5 Å². The number of rotatable bonds is 2. The smallest absolute Gasteiger partial charge is 0.145 e. The molecule has 3 rings (SSSR count). The van der Waals surface area contributed by atoms with E-state index >= 15 is 0 Å². The molecule has 0 unspecified atom stereocenters. The van der Waals surface area contributed by atoms with Crippen LogP contribution in [0.4, 0.5) is 5.82 Å². The van der Waals surface area contributed by atoms with Crippen molar-refractivity contribution in [1.82, 2.24) is 10.2 Å². The summed E-state index contributed by atoms with van der Waals surface area (Å²) in [5, 5.41) is 7.05. The summed E-state index contributed by atoms with van der Waals surface area (Å²) in [7, 11) is 0. The second-order valence-corrected chi connectivity index (χ2v) is 5.91. The van der Waals surface area contributed by atoms with Gasteiger partial charge < -0.3 is 5.73 Å². The van der Waals surface area contributed by atoms with Crippen molar-refractivity contribution in [3.05, 3.63) is 35.9 Å². The van der Waals surface area contributed by atoms with Crippen LogP contribution in [0.15, 0.2) is 30.3 Å². The molecule has 1 aromatic heterocycles. The maximum Gasteiger partial charge on any atom is 0.145 e. The number of H-pyrrole nitrogens is 1. The molecule has 1 saturated heterocycles. The van der Waals surface area contributed by atoms with Crippen LogP contribution in [0, 0.1) is 0 Å². The SMILES string of the molecule is Nc1cc(-c2ccccc2C2CCSCC2)[nH]n1. The van der Waals surface area contributed by atoms with Gasteiger partial charge >= 0.3 is 0 Å². The molecule has 0 radical (unpaired) electrons. The van der Waals surface area contributed by atoms with Crippen LogP contribution in [0.25, 0.3) is 11.3 Å². The molecule has 0 aliphatic carbocycles. The molecule has 2 aromatic rings. The summed E-state index contributed by atoms with van der Waals surface area (Å²) in [6.45, 7) is 0. The van der Waals surface area contributed by atoms with Gasteiger partial charge in [-0.15, -0.1) is 0 Å². The minimum atomic E-state index is 0.555. The first-order valence-corrected chi connectivity index (χ1v) is 7.48. The van der Waals surface area contributed by atoms with Crippen molar-refractivity contribution in [2.45, 2.75) is 18.8 Å². The summed E-state index contributed by atoms with van der Waals surface area (Å²) in [5.74, 6) is 3.76. The average Bonchev–Trinajstić information content (AvgIpc) is 2.86. The lowest BCUT2D eigenvalue weighted by Gasteiger charge is -2.23. The van der Waals surface area contributed by atoms with Crippen LogP contribution in [-0.2, 0) is 0 Å². The Labute approximate surface area is 111 Å². The lowest BCUT2D eigenvalue weighted by Crippen LogP contribution is -2.09. The minimum Gasteiger partial charge on any atom is -0.382 e. The highest BCUT2D eigenvalue weighted by atomic mass is 32.2. The number of thioether (sulfide) groups is 1. The molecular weight excluding hydrogens is 242 g/mol. The largest absolute Gasteiger partial charge is 0.382 e. The summed E-state index contributed by atoms with van der Waals surface area (Å²) in [6.07, 6.45) is 2.54. The molecule has 1 aromatic carbocycles. The van der Waals surface area contributed by atoms with Gasteiger partial charge in [-0.25, -0.2) is 0 Å². The highest BCUT2D eigenvalue weighted by Crippen LogP contribution is 2.36. The first-order chi connectivity index (χ1) is 8.84. The zero-order chi connectivity index (χ0) is 12.4. The average molecular weight is 259 g/mol. The van der Waals surface area contributed by atoms with Gasteiger partial charge in [0.2, 0.25) is 0 Å². The number of hydrogen-bond acceptors (Lipinski definition) is 3. The molecule has 1 fully saturated rings. The number of aromatic nitrogens is 2. The van der Waals surface area contributed by atoms with Crippen LogP contribution >= 0.6 is 11.8 Å². The number of anilines is 1. The topological polar surface area (TPSA) is 54.7 Å². The highest BCUT2D eigenvalue weighted by Gasteiger charge is 2.19. The van der Waals surface area contributed by atoms with Crippen molar-refractivity contribution < 1.29 is 0 Å². The second kappa shape index (κ2) is 5.06. The molecule has 18 heavy (non-hydrogen) atoms. The molecule has 94 valence electrons. The molecule has 0 saturated carbocycles. The number of nitrogen functional groups attached to an aromatic ring is 1. The van der Waals surface area contributed by atoms with Crippen LogP contribution in [0.2, 0.25) is 0 Å². The fourth-order valence-corrected chi connectivity index (χ4v) is 3.69. The Bertz CT molecular complexity index is 529. The van der Waals surface area contributed by atoms with E-state index in [0.717, 1.165) is 5.69 Å². The number of nitrogens with zero attached hydrogens (tertiary/aromatic N) is 1. The van der Waals surface area contributed by atoms with E-state index in [4.69, 9.17) is 5.73 Å². The molecule has 1 aliphatic rings. The van der Waals surface area contributed by atoms with Crippen LogP contribution in [-0.4, -0.2) is 21.7 Å². The van der Waals surface area contributed by atoms with Crippen LogP contribution in [0.3, 0.4) is 0 Å². The zero-order valence-electron chi connectivity index (χ0n) is 10.2. The van der Waals surface area contributed by atoms with Gasteiger partial charge in [0, 0.05) is 11.6 Å². The zero-order valence-corrected chi connectivity index (χ0v) is 11.0. The quantitative estimate of drug-likeness (QED) is 0.870. The normalized spacial score (nSPS) is 16.9. The van der Waals surface area contributed by atoms with E-state index in [1.54, 1.807) is 0 Å². The first-order valence-electron chi connectivity index (χ1n) is 6.32. The van der Waals surface area contributed by atoms with Gasteiger partial charge in [0.15, 0.2) is 0 Å². The first kappa shape index (κ1) is 11.7. The number of benzene rings is 1. The van der Waals surface area contributed by atoms with Crippen molar-refractivity contribution >= 4 is 17.6 Å². The van der Waals surface area contributed by atoms with Crippen molar-refractivity contribution in [3.8, 4) is 11.3 Å². The summed E-state index contributed by atoms with van der Waals surface area (Å²) < 4.78 is 0. The lowest BCUT2D eigenvalue weighted by molar-refractivity contribution is 0.638. The molecule has 0 atom stereocenters. The van der Waals surface area contributed by atoms with Crippen molar-refractivity contribution in [1.29, 1.82) is 0 Å². The number of aromatic amines is 1. The molecule has 0 bridgehead atoms. The number of nitrogens with two attached hydrogens (primary N) is 1. The maximum absolute atomic E-state index is 5.70. The fourth-order valence-electron chi connectivity index (χ4n) is 2.58. The predicted molar refractivity (Wildman–Crippen MR) is 77.7 cm³/mol. The monoisotopic (exact) mass is 259 g/mol. The van der Waals surface area contributed by atoms with E-state index in [-0.39, 0.29) is 0 Å². The summed E-state index contributed by atoms with van der Waals surface area (Å²) >= 11 is 2.06. The molecular formula is C14H17N3S. The molecule has 4 heteroatoms. The third-order valence-corrected chi connectivity index (χ3v) is 4.56. The number of hydrogen-bond donors (Lipinski definition) is 2. The third-order valence-electron chi connectivity index (χ3n) is 3.51. The van der Waals surface area contributed by atoms with Crippen molar-refractivity contribution in [2.24, 2.45) is 0 Å². The Balaban J connectivity index is 1.99. The van der Waals surface area contributed by atoms with Crippen LogP contribution in [0.5, 0.6) is 0 Å². The Kier molecular flexibility index (Phi) is 3.28. The summed E-state index contributed by atoms with van der Waals surface area (Å²) in [5.41, 5.74) is 9.41. The van der Waals surface area contributed by atoms with Gasteiger partial charge in [0.1, 0.15) is 5.82 Å². The van der Waals surface area contributed by atoms with Gasteiger partial charge in [-0.1, -0.05) is 24.3 Å². The van der Waals surface area contributed by atoms with Crippen molar-refractivity contribution in [2.75, 3.05) is 17.2 Å². The summed E-state index contributed by atoms with van der Waals surface area (Å²) in [6, 6.07) is 10.5. The Morgan fingerprint density at radius 2 is 2.00 bits per heavy atom. The van der Waals surface area contributed by atoms with Gasteiger partial charge in [-0.05, 0) is 35.8 Å². The number of nitrogens with one attached hydrogen (secondary N) is 1. The molecule has 2 heterocycles. The minimum absolute atomic E-state index is 0.555. The molecule has 3 nitrogen and oxygen atoms in total. The standard InChI is InChI=1S/C14H17N3S/c15-14-9-13(16-17-14)12-4-2-1-3-11(12)10-5-7-18-8-6-10/h1-4,9-10H,5-8H2,(H3,15,16,17). The Morgan fingerprint density at radius 3 is 2.72 bits per heavy atom. The highest BCUT2D eigenvalue weighted by molar-refractivity contribution is 7.99. The maximum atomic E-state index is 5.70. The van der Waals surface area contributed by atoms with E-state index < -0.39 is 0 Å². The van der Waals surface area contributed by atoms with Crippen LogP contribution < -0.4 is 5.73 Å². The van der Waals surface area contributed by atoms with Crippen LogP contribution in [0.1, 0.15) is 24.3 Å². The molecule has 0 amide bonds. The molecule has 3 N–H and O–H groups in total. The van der Waals surface area contributed by atoms with E-state index in [1.807, 2.05) is 6.07 Å². The van der Waals surface area contributed by atoms with Gasteiger partial charge in [-0.2, -0.15) is 16.9 Å². The predicted octanol–water partition coefficient (Wildman–Crippen LogP) is 3.27. The van der Waals surface area contributed by atoms with E-state index in [0.29, 0.717) is 11.7 Å². The lowest BCUT2D eigenvalue weighted by atomic mass is 9.88. The Morgan fingerprint density at radius 1 is 1.22 bits per heavy atom. The fraction of sp³-hybridized carbons (Fsp3) is 0.357. The van der Waals surface area contributed by atoms with E-state index in [2.05, 4.69) is 46.2 Å². The van der Waals surface area contributed by atoms with Crippen molar-refractivity contribution in [3.63, 3.8) is 0 Å². The van der Waals surface area contributed by atoms with Gasteiger partial charge in [-0.3, -0.25) is 5.10 Å². The van der Waals surface area contributed by atoms with E-state index in [9.17, 15) is 0 Å². The Hall–Kier alpha value is -1.42. The third kappa shape index (κ3) is 2.25. The van der Waals surface area contributed by atoms with Gasteiger partial charge in [0.25, 0.3) is 0 Å². The second-order valence-electron chi connectivity index (χ2n) is 4.68. The molecule has 0 spiro atoms. The van der Waals surface area contributed by atoms with Gasteiger partial charge in [0.05, 0.1) is 5.69 Å². The summed E-state index contributed by atoms with van der Waals surface area (Å²) in [4.78, 5) is 0. The molecule has 1 aliphatic heterocycles.